The van der Waals surface area contributed by atoms with Crippen molar-refractivity contribution in [2.24, 2.45) is 23.1 Å². The molecule has 0 aliphatic heterocycles. The molecule has 0 aromatic heterocycles. The molecule has 1 aromatic carbocycles. The summed E-state index contributed by atoms with van der Waals surface area (Å²) >= 11 is 0. The average Bonchev–Trinajstić information content (AvgIpc) is 2.44. The fourth-order valence-electron chi connectivity index (χ4n) is 3.27. The molecule has 1 aliphatic rings. The summed E-state index contributed by atoms with van der Waals surface area (Å²) in [6, 6.07) is -0.800. The normalized spacial score (nSPS) is 33.0. The van der Waals surface area contributed by atoms with Crippen LogP contribution in [0.1, 0.15) is 24.8 Å². The summed E-state index contributed by atoms with van der Waals surface area (Å²) in [6.07, 6.45) is 0.725. The lowest BCUT2D eigenvalue weighted by atomic mass is 9.69. The van der Waals surface area contributed by atoms with Gasteiger partial charge in [0.1, 0.15) is 0 Å². The van der Waals surface area contributed by atoms with Crippen molar-refractivity contribution in [1.29, 1.82) is 0 Å². The molecule has 1 aliphatic carbocycles. The van der Waals surface area contributed by atoms with Gasteiger partial charge in [-0.3, -0.25) is 0 Å². The number of nitrogens with two attached hydrogens (primary N) is 8. The van der Waals surface area contributed by atoms with Gasteiger partial charge in [0.25, 0.3) is 0 Å². The number of hydrogen-bond acceptors (Lipinski definition) is 8. The molecule has 1 saturated carbocycles. The van der Waals surface area contributed by atoms with Gasteiger partial charge in [-0.25, -0.2) is 0 Å². The van der Waals surface area contributed by atoms with Gasteiger partial charge in [0.05, 0.1) is 28.4 Å². The molecule has 0 heterocycles. The second-order valence-electron chi connectivity index (χ2n) is 6.04. The van der Waals surface area contributed by atoms with Gasteiger partial charge < -0.3 is 45.9 Å². The summed E-state index contributed by atoms with van der Waals surface area (Å²) in [6.45, 7) is 2.03. The molecule has 8 heteroatoms. The lowest BCUT2D eigenvalue weighted by molar-refractivity contribution is 0.233. The van der Waals surface area contributed by atoms with E-state index in [0.29, 0.717) is 5.56 Å². The Bertz CT molecular complexity index is 529. The van der Waals surface area contributed by atoms with Crippen LogP contribution < -0.4 is 45.9 Å². The number of nitrogen functional groups attached to an aromatic ring is 5. The smallest absolute Gasteiger partial charge is 0.0824 e. The van der Waals surface area contributed by atoms with E-state index < -0.39 is 0 Å². The van der Waals surface area contributed by atoms with Crippen LogP contribution in [0.5, 0.6) is 0 Å². The Balaban J connectivity index is 2.61. The van der Waals surface area contributed by atoms with E-state index in [1.54, 1.807) is 0 Å². The van der Waals surface area contributed by atoms with Gasteiger partial charge in [0, 0.05) is 29.6 Å². The highest BCUT2D eigenvalue weighted by Gasteiger charge is 2.41. The van der Waals surface area contributed by atoms with Gasteiger partial charge >= 0.3 is 0 Å². The molecule has 0 amide bonds. The first kappa shape index (κ1) is 15.5. The molecular weight excluding hydrogens is 268 g/mol. The van der Waals surface area contributed by atoms with Crippen molar-refractivity contribution >= 4 is 28.4 Å². The van der Waals surface area contributed by atoms with Crippen LogP contribution in [0.25, 0.3) is 0 Å². The maximum Gasteiger partial charge on any atom is 0.0824 e. The minimum Gasteiger partial charge on any atom is -0.397 e. The van der Waals surface area contributed by atoms with Crippen molar-refractivity contribution < 1.29 is 0 Å². The SMILES string of the molecule is CC1CC(N)C(c2c(N)c(N)c(N)c(N)c2N)C(N)C1N. The zero-order valence-electron chi connectivity index (χ0n) is 12.2. The van der Waals surface area contributed by atoms with Crippen molar-refractivity contribution in [3.05, 3.63) is 5.56 Å². The topological polar surface area (TPSA) is 208 Å². The summed E-state index contributed by atoms with van der Waals surface area (Å²) in [4.78, 5) is 0. The zero-order valence-corrected chi connectivity index (χ0v) is 12.2. The van der Waals surface area contributed by atoms with E-state index in [0.717, 1.165) is 6.42 Å². The van der Waals surface area contributed by atoms with Gasteiger partial charge in [-0.05, 0) is 12.3 Å². The fourth-order valence-corrected chi connectivity index (χ4v) is 3.27. The quantitative estimate of drug-likeness (QED) is 0.291. The average molecular weight is 294 g/mol. The minimum atomic E-state index is -0.379. The summed E-state index contributed by atoms with van der Waals surface area (Å²) in [5.41, 5.74) is 50.3. The van der Waals surface area contributed by atoms with Crippen molar-refractivity contribution in [2.75, 3.05) is 28.7 Å². The molecule has 0 bridgehead atoms. The molecular formula is C13H26N8. The van der Waals surface area contributed by atoms with Gasteiger partial charge in [0.15, 0.2) is 0 Å². The Kier molecular flexibility index (Phi) is 3.79. The van der Waals surface area contributed by atoms with Crippen molar-refractivity contribution in [2.45, 2.75) is 37.4 Å². The van der Waals surface area contributed by atoms with E-state index in [2.05, 4.69) is 0 Å². The number of benzene rings is 1. The minimum absolute atomic E-state index is 0.185. The zero-order chi connectivity index (χ0) is 16.1. The number of anilines is 5. The molecule has 118 valence electrons. The Morgan fingerprint density at radius 3 is 1.62 bits per heavy atom. The maximum absolute atomic E-state index is 6.28. The highest BCUT2D eigenvalue weighted by Crippen LogP contribution is 2.46. The third-order valence-electron chi connectivity index (χ3n) is 4.70. The first-order chi connectivity index (χ1) is 9.68. The predicted octanol–water partition coefficient (Wildman–Crippen LogP) is -1.30. The Labute approximate surface area is 124 Å². The van der Waals surface area contributed by atoms with Crippen molar-refractivity contribution in [1.82, 2.24) is 0 Å². The largest absolute Gasteiger partial charge is 0.397 e. The highest BCUT2D eigenvalue weighted by atomic mass is 14.9. The fraction of sp³-hybridized carbons (Fsp3) is 0.538. The molecule has 8 nitrogen and oxygen atoms in total. The summed E-state index contributed by atoms with van der Waals surface area (Å²) in [5.74, 6) is -0.0847. The third-order valence-corrected chi connectivity index (χ3v) is 4.70. The summed E-state index contributed by atoms with van der Waals surface area (Å²) < 4.78 is 0. The van der Waals surface area contributed by atoms with E-state index in [-0.39, 0.29) is 58.4 Å². The maximum atomic E-state index is 6.28. The Hall–Kier alpha value is -1.90. The van der Waals surface area contributed by atoms with E-state index >= 15 is 0 Å². The molecule has 0 radical (unpaired) electrons. The highest BCUT2D eigenvalue weighted by molar-refractivity contribution is 5.96. The second kappa shape index (κ2) is 5.14. The monoisotopic (exact) mass is 294 g/mol. The Morgan fingerprint density at radius 1 is 0.714 bits per heavy atom. The van der Waals surface area contributed by atoms with Gasteiger partial charge in [0.2, 0.25) is 0 Å². The Morgan fingerprint density at radius 2 is 1.14 bits per heavy atom. The molecule has 0 saturated heterocycles. The standard InChI is InChI=1S/C13H26N8/c1-3-2-4(14)5(8(16)7(3)15)6-9(17)11(19)13(21)12(20)10(6)18/h3-5,7-8H,2,14-21H2,1H3. The molecule has 0 spiro atoms. The van der Waals surface area contributed by atoms with Crippen LogP contribution >= 0.6 is 0 Å². The van der Waals surface area contributed by atoms with E-state index in [9.17, 15) is 0 Å². The van der Waals surface area contributed by atoms with E-state index in [1.807, 2.05) is 6.92 Å². The van der Waals surface area contributed by atoms with Crippen LogP contribution in [0.2, 0.25) is 0 Å². The number of hydrogen-bond donors (Lipinski definition) is 8. The summed E-state index contributed by atoms with van der Waals surface area (Å²) in [7, 11) is 0. The predicted molar refractivity (Wildman–Crippen MR) is 89.0 cm³/mol. The lowest BCUT2D eigenvalue weighted by Crippen LogP contribution is -2.58. The van der Waals surface area contributed by atoms with Crippen LogP contribution in [0, 0.1) is 5.92 Å². The lowest BCUT2D eigenvalue weighted by Gasteiger charge is -2.43. The van der Waals surface area contributed by atoms with E-state index in [4.69, 9.17) is 45.9 Å². The first-order valence-electron chi connectivity index (χ1n) is 6.96. The molecule has 2 rings (SSSR count). The molecule has 5 unspecified atom stereocenters. The van der Waals surface area contributed by atoms with Gasteiger partial charge in [-0.2, -0.15) is 0 Å². The summed E-state index contributed by atoms with van der Waals surface area (Å²) in [5, 5.41) is 0. The molecule has 1 fully saturated rings. The van der Waals surface area contributed by atoms with Crippen LogP contribution in [-0.2, 0) is 0 Å². The molecule has 21 heavy (non-hydrogen) atoms. The molecule has 16 N–H and O–H groups in total. The molecule has 5 atom stereocenters. The third kappa shape index (κ3) is 2.21. The first-order valence-corrected chi connectivity index (χ1v) is 6.96. The van der Waals surface area contributed by atoms with Crippen LogP contribution in [0.15, 0.2) is 0 Å². The van der Waals surface area contributed by atoms with Crippen molar-refractivity contribution in [3.8, 4) is 0 Å². The van der Waals surface area contributed by atoms with Crippen LogP contribution in [0.3, 0.4) is 0 Å². The van der Waals surface area contributed by atoms with Crippen molar-refractivity contribution in [3.63, 3.8) is 0 Å². The molecule has 1 aromatic rings. The van der Waals surface area contributed by atoms with E-state index in [1.165, 1.54) is 0 Å². The van der Waals surface area contributed by atoms with Gasteiger partial charge in [-0.15, -0.1) is 0 Å². The van der Waals surface area contributed by atoms with Gasteiger partial charge in [-0.1, -0.05) is 6.92 Å². The number of rotatable bonds is 1. The van der Waals surface area contributed by atoms with Crippen LogP contribution in [0.4, 0.5) is 28.4 Å². The van der Waals surface area contributed by atoms with Crippen LogP contribution in [-0.4, -0.2) is 18.1 Å². The second-order valence-corrected chi connectivity index (χ2v) is 6.04.